The van der Waals surface area contributed by atoms with Gasteiger partial charge < -0.3 is 5.32 Å². The predicted molar refractivity (Wildman–Crippen MR) is 140 cm³/mol. The van der Waals surface area contributed by atoms with Crippen LogP contribution in [0.25, 0.3) is 0 Å². The van der Waals surface area contributed by atoms with E-state index in [1.54, 1.807) is 0 Å². The average molecular weight is 491 g/mol. The van der Waals surface area contributed by atoms with E-state index < -0.39 is 5.41 Å². The summed E-state index contributed by atoms with van der Waals surface area (Å²) in [6.45, 7) is 10.4. The molecule has 5 atom stereocenters. The predicted octanol–water partition coefficient (Wildman–Crippen LogP) is 8.07. The lowest BCUT2D eigenvalue weighted by atomic mass is 9.67. The molecule has 0 saturated carbocycles. The van der Waals surface area contributed by atoms with Gasteiger partial charge in [-0.2, -0.15) is 11.8 Å². The number of hydrogen-bond donors (Lipinski definition) is 1. The minimum Gasteiger partial charge on any atom is -0.352 e. The molecule has 1 unspecified atom stereocenters. The Bertz CT molecular complexity index is 932. The number of halogens is 2. The first-order valence-corrected chi connectivity index (χ1v) is 13.1. The van der Waals surface area contributed by atoms with Gasteiger partial charge in [-0.15, -0.1) is 6.58 Å². The van der Waals surface area contributed by atoms with Gasteiger partial charge in [0.2, 0.25) is 5.91 Å². The molecular weight excluding hydrogens is 457 g/mol. The first kappa shape index (κ1) is 25.2. The van der Waals surface area contributed by atoms with Crippen molar-refractivity contribution in [3.63, 3.8) is 0 Å². The second-order valence-corrected chi connectivity index (χ2v) is 11.5. The molecule has 172 valence electrons. The summed E-state index contributed by atoms with van der Waals surface area (Å²) in [7, 11) is 0. The highest BCUT2D eigenvalue weighted by atomic mass is 35.5. The normalized spacial score (nSPS) is 25.1. The minimum atomic E-state index is -0.460. The third-order valence-corrected chi connectivity index (χ3v) is 8.32. The number of thioether (sulfide) groups is 1. The molecule has 1 saturated heterocycles. The summed E-state index contributed by atoms with van der Waals surface area (Å²) in [5.41, 5.74) is 2.01. The van der Waals surface area contributed by atoms with Crippen LogP contribution in [0.1, 0.15) is 62.3 Å². The average Bonchev–Trinajstić information content (AvgIpc) is 2.76. The fourth-order valence-corrected chi connectivity index (χ4v) is 6.41. The molecule has 2 aromatic carbocycles. The summed E-state index contributed by atoms with van der Waals surface area (Å²) in [6.07, 6.45) is 4.27. The number of carbonyl (C=O) groups excluding carboxylic acids is 1. The zero-order chi connectivity index (χ0) is 23.3. The highest BCUT2D eigenvalue weighted by Gasteiger charge is 2.45. The summed E-state index contributed by atoms with van der Waals surface area (Å²) in [5, 5.41) is 5.25. The number of amides is 1. The van der Waals surface area contributed by atoms with Crippen LogP contribution >= 0.6 is 35.0 Å². The Hall–Kier alpha value is -1.42. The highest BCUT2D eigenvalue weighted by Crippen LogP contribution is 2.45. The van der Waals surface area contributed by atoms with Gasteiger partial charge >= 0.3 is 0 Å². The van der Waals surface area contributed by atoms with Crippen molar-refractivity contribution in [3.05, 3.63) is 82.4 Å². The van der Waals surface area contributed by atoms with Gasteiger partial charge in [-0.3, -0.25) is 4.79 Å². The van der Waals surface area contributed by atoms with Crippen LogP contribution in [-0.4, -0.2) is 17.7 Å². The second-order valence-electron chi connectivity index (χ2n) is 9.13. The van der Waals surface area contributed by atoms with Crippen LogP contribution in [-0.2, 0) is 4.79 Å². The molecule has 1 amide bonds. The van der Waals surface area contributed by atoms with Gasteiger partial charge in [0.25, 0.3) is 0 Å². The maximum absolute atomic E-state index is 13.2. The number of carbonyl (C=O) groups is 1. The molecular formula is C27H33Cl2NOS. The smallest absolute Gasteiger partial charge is 0.226 e. The lowest BCUT2D eigenvalue weighted by Crippen LogP contribution is -2.55. The number of piperidine rings is 1. The van der Waals surface area contributed by atoms with E-state index in [9.17, 15) is 4.79 Å². The van der Waals surface area contributed by atoms with Crippen molar-refractivity contribution in [2.75, 3.05) is 5.75 Å². The minimum absolute atomic E-state index is 0.0473. The van der Waals surface area contributed by atoms with Gasteiger partial charge in [-0.1, -0.05) is 74.3 Å². The molecule has 3 rings (SSSR count). The third-order valence-electron chi connectivity index (χ3n) is 6.63. The quantitative estimate of drug-likeness (QED) is 0.360. The summed E-state index contributed by atoms with van der Waals surface area (Å²) in [5.74, 6) is 1.64. The van der Waals surface area contributed by atoms with Crippen LogP contribution in [0, 0.1) is 11.3 Å². The number of allylic oxidation sites excluding steroid dienone is 1. The third kappa shape index (κ3) is 5.92. The summed E-state index contributed by atoms with van der Waals surface area (Å²) in [4.78, 5) is 13.2. The van der Waals surface area contributed by atoms with Crippen molar-refractivity contribution < 1.29 is 4.79 Å². The first-order valence-electron chi connectivity index (χ1n) is 11.3. The molecule has 0 spiro atoms. The monoisotopic (exact) mass is 489 g/mol. The van der Waals surface area contributed by atoms with Crippen LogP contribution in [0.15, 0.2) is 61.2 Å². The maximum Gasteiger partial charge on any atom is 0.226 e. The van der Waals surface area contributed by atoms with Gasteiger partial charge in [-0.05, 0) is 66.3 Å². The van der Waals surface area contributed by atoms with E-state index in [1.165, 1.54) is 11.1 Å². The number of benzene rings is 2. The van der Waals surface area contributed by atoms with Crippen molar-refractivity contribution in [2.24, 2.45) is 11.3 Å². The van der Waals surface area contributed by atoms with E-state index in [0.717, 1.165) is 28.6 Å². The lowest BCUT2D eigenvalue weighted by molar-refractivity contribution is -0.135. The molecule has 1 aliphatic heterocycles. The van der Waals surface area contributed by atoms with Crippen molar-refractivity contribution in [1.29, 1.82) is 0 Å². The van der Waals surface area contributed by atoms with Gasteiger partial charge in [0.05, 0.1) is 5.41 Å². The molecule has 1 fully saturated rings. The zero-order valence-electron chi connectivity index (χ0n) is 19.1. The molecule has 1 N–H and O–H groups in total. The van der Waals surface area contributed by atoms with E-state index in [4.69, 9.17) is 23.2 Å². The second kappa shape index (κ2) is 11.1. The van der Waals surface area contributed by atoms with Crippen LogP contribution in [0.5, 0.6) is 0 Å². The molecule has 0 radical (unpaired) electrons. The molecule has 0 bridgehead atoms. The van der Waals surface area contributed by atoms with Crippen LogP contribution in [0.3, 0.4) is 0 Å². The van der Waals surface area contributed by atoms with E-state index >= 15 is 0 Å². The Labute approximate surface area is 207 Å². The number of nitrogens with one attached hydrogen (secondary N) is 1. The Balaban J connectivity index is 1.90. The molecule has 0 aliphatic carbocycles. The Morgan fingerprint density at radius 2 is 1.94 bits per heavy atom. The maximum atomic E-state index is 13.2. The topological polar surface area (TPSA) is 29.1 Å². The van der Waals surface area contributed by atoms with Gasteiger partial charge in [-0.25, -0.2) is 0 Å². The van der Waals surface area contributed by atoms with Crippen molar-refractivity contribution in [3.8, 4) is 0 Å². The SMILES string of the molecule is C=CC[C@@]1(C)C[C@H](c2cccc(Cl)c2)[C@H](C(C)C[C@H](SCC)c2ccc(Cl)cc2)NC1=O. The zero-order valence-corrected chi connectivity index (χ0v) is 21.4. The lowest BCUT2D eigenvalue weighted by Gasteiger charge is -2.45. The van der Waals surface area contributed by atoms with Crippen molar-refractivity contribution >= 4 is 40.9 Å². The highest BCUT2D eigenvalue weighted by molar-refractivity contribution is 7.99. The van der Waals surface area contributed by atoms with E-state index in [-0.39, 0.29) is 23.8 Å². The summed E-state index contributed by atoms with van der Waals surface area (Å²) >= 11 is 14.4. The first-order chi connectivity index (χ1) is 15.3. The fraction of sp³-hybridized carbons (Fsp3) is 0.444. The Kier molecular flexibility index (Phi) is 8.77. The molecule has 2 aromatic rings. The van der Waals surface area contributed by atoms with Gasteiger partial charge in [0.15, 0.2) is 0 Å². The Morgan fingerprint density at radius 1 is 1.22 bits per heavy atom. The van der Waals surface area contributed by atoms with E-state index in [0.29, 0.717) is 11.7 Å². The standard InChI is InChI=1S/C27H33Cl2NOS/c1-5-14-27(4)17-23(20-8-7-9-22(29)16-20)25(30-26(27)31)18(3)15-24(32-6-2)19-10-12-21(28)13-11-19/h5,7-13,16,18,23-25H,1,6,14-15,17H2,2-4H3,(H,30,31)/t18?,23-,24+,25+,27+/m1/s1. The van der Waals surface area contributed by atoms with Crippen molar-refractivity contribution in [2.45, 2.75) is 57.2 Å². The van der Waals surface area contributed by atoms with Crippen LogP contribution < -0.4 is 5.32 Å². The van der Waals surface area contributed by atoms with Crippen LogP contribution in [0.4, 0.5) is 0 Å². The molecule has 2 nitrogen and oxygen atoms in total. The number of rotatable bonds is 9. The summed E-state index contributed by atoms with van der Waals surface area (Å²) in [6, 6.07) is 16.3. The molecule has 32 heavy (non-hydrogen) atoms. The number of hydrogen-bond acceptors (Lipinski definition) is 2. The fourth-order valence-electron chi connectivity index (χ4n) is 4.89. The molecule has 0 aromatic heterocycles. The molecule has 1 heterocycles. The van der Waals surface area contributed by atoms with E-state index in [2.05, 4.69) is 50.0 Å². The largest absolute Gasteiger partial charge is 0.352 e. The Morgan fingerprint density at radius 3 is 2.56 bits per heavy atom. The van der Waals surface area contributed by atoms with Gasteiger partial charge in [0.1, 0.15) is 0 Å². The molecule has 5 heteroatoms. The molecule has 1 aliphatic rings. The van der Waals surface area contributed by atoms with Gasteiger partial charge in [0, 0.05) is 27.3 Å². The van der Waals surface area contributed by atoms with Crippen molar-refractivity contribution in [1.82, 2.24) is 5.32 Å². The van der Waals surface area contributed by atoms with Crippen LogP contribution in [0.2, 0.25) is 10.0 Å². The van der Waals surface area contributed by atoms with E-state index in [1.807, 2.05) is 49.0 Å². The summed E-state index contributed by atoms with van der Waals surface area (Å²) < 4.78 is 0.